The maximum Gasteiger partial charge on any atom is 0.308 e. The average molecular weight is 302 g/mol. The highest BCUT2D eigenvalue weighted by atomic mass is 32.1. The van der Waals surface area contributed by atoms with Gasteiger partial charge in [-0.15, -0.1) is 11.3 Å². The number of aliphatic carboxylic acids is 1. The van der Waals surface area contributed by atoms with Gasteiger partial charge in [-0.3, -0.25) is 4.79 Å². The predicted octanol–water partition coefficient (Wildman–Crippen LogP) is 3.24. The van der Waals surface area contributed by atoms with E-state index in [0.29, 0.717) is 10.6 Å². The molecule has 0 aliphatic rings. The highest BCUT2D eigenvalue weighted by Gasteiger charge is 2.16. The summed E-state index contributed by atoms with van der Waals surface area (Å²) in [7, 11) is 0. The summed E-state index contributed by atoms with van der Waals surface area (Å²) in [4.78, 5) is 15.1. The molecule has 0 aliphatic heterocycles. The molecular weight excluding hydrogens is 293 g/mol. The van der Waals surface area contributed by atoms with E-state index in [-0.39, 0.29) is 17.2 Å². The van der Waals surface area contributed by atoms with E-state index in [9.17, 15) is 18.0 Å². The van der Waals surface area contributed by atoms with Crippen molar-refractivity contribution in [1.82, 2.24) is 4.98 Å². The second-order valence-electron chi connectivity index (χ2n) is 3.95. The van der Waals surface area contributed by atoms with Gasteiger partial charge >= 0.3 is 5.97 Å². The number of hydrogen-bond donors (Lipinski definition) is 2. The van der Waals surface area contributed by atoms with Crippen molar-refractivity contribution in [1.29, 1.82) is 0 Å². The third-order valence-electron chi connectivity index (χ3n) is 2.48. The fourth-order valence-electron chi connectivity index (χ4n) is 1.52. The smallest absolute Gasteiger partial charge is 0.308 e. The summed E-state index contributed by atoms with van der Waals surface area (Å²) >= 11 is 1.02. The Morgan fingerprint density at radius 1 is 1.35 bits per heavy atom. The highest BCUT2D eigenvalue weighted by Crippen LogP contribution is 2.28. The largest absolute Gasteiger partial charge is 0.481 e. The van der Waals surface area contributed by atoms with Gasteiger partial charge in [0.25, 0.3) is 0 Å². The van der Waals surface area contributed by atoms with Crippen LogP contribution in [0.2, 0.25) is 0 Å². The lowest BCUT2D eigenvalue weighted by Gasteiger charge is -2.04. The fraction of sp³-hybridized carbons (Fsp3) is 0.167. The Kier molecular flexibility index (Phi) is 3.93. The average Bonchev–Trinajstić information content (AvgIpc) is 2.70. The maximum atomic E-state index is 13.5. The van der Waals surface area contributed by atoms with Gasteiger partial charge in [0, 0.05) is 4.88 Å². The monoisotopic (exact) mass is 302 g/mol. The summed E-state index contributed by atoms with van der Waals surface area (Å²) in [6, 6.07) is 1.83. The van der Waals surface area contributed by atoms with Gasteiger partial charge < -0.3 is 10.4 Å². The van der Waals surface area contributed by atoms with Crippen molar-refractivity contribution >= 4 is 28.1 Å². The molecule has 1 aromatic heterocycles. The van der Waals surface area contributed by atoms with Crippen LogP contribution < -0.4 is 5.32 Å². The number of carboxylic acids is 1. The van der Waals surface area contributed by atoms with Gasteiger partial charge in [0.05, 0.1) is 17.8 Å². The number of aryl methyl sites for hydroxylation is 1. The normalized spacial score (nSPS) is 10.6. The lowest BCUT2D eigenvalue weighted by molar-refractivity contribution is -0.136. The fourth-order valence-corrected chi connectivity index (χ4v) is 2.49. The summed E-state index contributed by atoms with van der Waals surface area (Å²) in [6.45, 7) is 1.61. The van der Waals surface area contributed by atoms with Gasteiger partial charge in [-0.1, -0.05) is 0 Å². The van der Waals surface area contributed by atoms with Crippen LogP contribution in [0, 0.1) is 24.4 Å². The summed E-state index contributed by atoms with van der Waals surface area (Å²) in [6.07, 6.45) is -0.203. The van der Waals surface area contributed by atoms with Crippen LogP contribution in [0.1, 0.15) is 10.6 Å². The van der Waals surface area contributed by atoms with E-state index in [1.54, 1.807) is 6.92 Å². The van der Waals surface area contributed by atoms with Gasteiger partial charge in [-0.25, -0.2) is 18.2 Å². The SMILES string of the molecule is Cc1nc(Nc2ccc(F)c(F)c2F)sc1CC(=O)O. The van der Waals surface area contributed by atoms with Crippen LogP contribution in [-0.2, 0) is 11.2 Å². The van der Waals surface area contributed by atoms with Crippen LogP contribution in [0.3, 0.4) is 0 Å². The summed E-state index contributed by atoms with van der Waals surface area (Å²) in [5.74, 6) is -5.22. The molecular formula is C12H9F3N2O2S. The minimum absolute atomic E-state index is 0.203. The first-order valence-corrected chi connectivity index (χ1v) is 6.28. The first-order chi connectivity index (χ1) is 9.38. The number of rotatable bonds is 4. The zero-order valence-electron chi connectivity index (χ0n) is 10.2. The van der Waals surface area contributed by atoms with Crippen molar-refractivity contribution in [3.05, 3.63) is 40.2 Å². The van der Waals surface area contributed by atoms with Crippen molar-refractivity contribution in [2.45, 2.75) is 13.3 Å². The number of carbonyl (C=O) groups is 1. The molecule has 2 rings (SSSR count). The Morgan fingerprint density at radius 2 is 2.05 bits per heavy atom. The maximum absolute atomic E-state index is 13.5. The number of thiazole rings is 1. The van der Waals surface area contributed by atoms with Crippen LogP contribution in [0.4, 0.5) is 24.0 Å². The van der Waals surface area contributed by atoms with E-state index < -0.39 is 23.4 Å². The number of nitrogens with one attached hydrogen (secondary N) is 1. The topological polar surface area (TPSA) is 62.2 Å². The molecule has 2 aromatic rings. The van der Waals surface area contributed by atoms with Crippen LogP contribution in [0.5, 0.6) is 0 Å². The summed E-state index contributed by atoms with van der Waals surface area (Å²) in [5.41, 5.74) is 0.224. The molecule has 2 N–H and O–H groups in total. The molecule has 0 aliphatic carbocycles. The predicted molar refractivity (Wildman–Crippen MR) is 67.8 cm³/mol. The molecule has 1 aromatic carbocycles. The number of benzene rings is 1. The molecule has 0 spiro atoms. The van der Waals surface area contributed by atoms with Crippen molar-refractivity contribution in [3.8, 4) is 0 Å². The number of aromatic nitrogens is 1. The molecule has 8 heteroatoms. The van der Waals surface area contributed by atoms with Crippen LogP contribution in [0.25, 0.3) is 0 Å². The zero-order chi connectivity index (χ0) is 14.9. The Bertz CT molecular complexity index is 673. The van der Waals surface area contributed by atoms with Crippen molar-refractivity contribution in [3.63, 3.8) is 0 Å². The van der Waals surface area contributed by atoms with E-state index >= 15 is 0 Å². The van der Waals surface area contributed by atoms with Gasteiger partial charge in [0.15, 0.2) is 22.6 Å². The van der Waals surface area contributed by atoms with Gasteiger partial charge in [0.2, 0.25) is 0 Å². The highest BCUT2D eigenvalue weighted by molar-refractivity contribution is 7.15. The molecule has 0 bridgehead atoms. The first kappa shape index (κ1) is 14.3. The van der Waals surface area contributed by atoms with Crippen molar-refractivity contribution < 1.29 is 23.1 Å². The number of anilines is 2. The van der Waals surface area contributed by atoms with E-state index in [1.807, 2.05) is 0 Å². The number of nitrogens with zero attached hydrogens (tertiary/aromatic N) is 1. The molecule has 106 valence electrons. The van der Waals surface area contributed by atoms with Crippen LogP contribution in [-0.4, -0.2) is 16.1 Å². The van der Waals surface area contributed by atoms with Gasteiger partial charge in [0.1, 0.15) is 0 Å². The molecule has 0 unspecified atom stereocenters. The van der Waals surface area contributed by atoms with Gasteiger partial charge in [-0.2, -0.15) is 0 Å². The quantitative estimate of drug-likeness (QED) is 0.851. The molecule has 4 nitrogen and oxygen atoms in total. The third-order valence-corrected chi connectivity index (χ3v) is 3.55. The van der Waals surface area contributed by atoms with Crippen LogP contribution >= 0.6 is 11.3 Å². The van der Waals surface area contributed by atoms with E-state index in [0.717, 1.165) is 23.5 Å². The van der Waals surface area contributed by atoms with E-state index in [2.05, 4.69) is 10.3 Å². The number of hydrogen-bond acceptors (Lipinski definition) is 4. The van der Waals surface area contributed by atoms with Crippen LogP contribution in [0.15, 0.2) is 12.1 Å². The molecule has 0 saturated carbocycles. The third kappa shape index (κ3) is 2.90. The Balaban J connectivity index is 2.27. The van der Waals surface area contributed by atoms with Crippen molar-refractivity contribution in [2.75, 3.05) is 5.32 Å². The second-order valence-corrected chi connectivity index (χ2v) is 5.03. The minimum atomic E-state index is -1.57. The second kappa shape index (κ2) is 5.49. The number of halogens is 3. The Hall–Kier alpha value is -2.09. The zero-order valence-corrected chi connectivity index (χ0v) is 11.0. The molecule has 20 heavy (non-hydrogen) atoms. The van der Waals surface area contributed by atoms with E-state index in [4.69, 9.17) is 5.11 Å². The molecule has 0 atom stereocenters. The van der Waals surface area contributed by atoms with E-state index in [1.165, 1.54) is 0 Å². The summed E-state index contributed by atoms with van der Waals surface area (Å²) < 4.78 is 39.3. The lowest BCUT2D eigenvalue weighted by Crippen LogP contribution is -1.99. The summed E-state index contributed by atoms with van der Waals surface area (Å²) in [5, 5.41) is 11.4. The lowest BCUT2D eigenvalue weighted by atomic mass is 10.3. The van der Waals surface area contributed by atoms with Gasteiger partial charge in [-0.05, 0) is 19.1 Å². The Labute approximate surface area is 115 Å². The molecule has 0 radical (unpaired) electrons. The number of carboxylic acid groups (broad SMARTS) is 1. The molecule has 1 heterocycles. The molecule has 0 saturated heterocycles. The molecule has 0 fully saturated rings. The first-order valence-electron chi connectivity index (χ1n) is 5.47. The molecule has 0 amide bonds. The van der Waals surface area contributed by atoms with Crippen molar-refractivity contribution in [2.24, 2.45) is 0 Å². The Morgan fingerprint density at radius 3 is 2.70 bits per heavy atom. The standard InChI is InChI=1S/C12H9F3N2O2S/c1-5-8(4-9(18)19)20-12(16-5)17-7-3-2-6(13)10(14)11(7)15/h2-3H,4H2,1H3,(H,16,17)(H,18,19). The minimum Gasteiger partial charge on any atom is -0.481 e.